The van der Waals surface area contributed by atoms with Crippen LogP contribution in [0, 0.1) is 0 Å². The van der Waals surface area contributed by atoms with Crippen molar-refractivity contribution < 1.29 is 35.2 Å². The molecule has 2 heterocycles. The number of alkyl halides is 6. The second-order valence-corrected chi connectivity index (χ2v) is 5.70. The molecule has 0 aliphatic carbocycles. The lowest BCUT2D eigenvalue weighted by atomic mass is 10.0. The summed E-state index contributed by atoms with van der Waals surface area (Å²) in [6, 6.07) is 0. The van der Waals surface area contributed by atoms with Gasteiger partial charge in [-0.05, 0) is 19.0 Å². The third-order valence-electron chi connectivity index (χ3n) is 3.71. The normalized spacial score (nSPS) is 22.5. The minimum absolute atomic E-state index is 0.137. The van der Waals surface area contributed by atoms with Crippen molar-refractivity contribution in [3.05, 3.63) is 11.6 Å². The number of ether oxygens (including phenoxy) is 1. The van der Waals surface area contributed by atoms with E-state index in [1.54, 1.807) is 0 Å². The molecule has 0 aromatic carbocycles. The first-order chi connectivity index (χ1) is 12.7. The van der Waals surface area contributed by atoms with Crippen LogP contribution in [0.4, 0.5) is 26.3 Å². The molecule has 0 aromatic rings. The maximum Gasteiger partial charge on any atom is 0.472 e. The van der Waals surface area contributed by atoms with Crippen LogP contribution in [0.5, 0.6) is 0 Å². The van der Waals surface area contributed by atoms with Crippen LogP contribution in [0.3, 0.4) is 0 Å². The predicted octanol–water partition coefficient (Wildman–Crippen LogP) is 3.74. The van der Waals surface area contributed by atoms with E-state index < -0.39 is 50.3 Å². The second-order valence-electron chi connectivity index (χ2n) is 5.70. The van der Waals surface area contributed by atoms with Crippen molar-refractivity contribution in [1.29, 1.82) is 0 Å². The third-order valence-corrected chi connectivity index (χ3v) is 3.71. The summed E-state index contributed by atoms with van der Waals surface area (Å²) in [6.45, 7) is -1.80. The molecule has 0 aromatic heterocycles. The van der Waals surface area contributed by atoms with E-state index in [1.807, 2.05) is 0 Å². The summed E-state index contributed by atoms with van der Waals surface area (Å²) in [5.41, 5.74) is -0.207. The van der Waals surface area contributed by atoms with Gasteiger partial charge in [-0.15, -0.1) is 0 Å². The lowest BCUT2D eigenvalue weighted by molar-refractivity contribution is -0.377. The van der Waals surface area contributed by atoms with Crippen LogP contribution in [-0.2, 0) is 4.74 Å². The van der Waals surface area contributed by atoms with Crippen LogP contribution >= 0.6 is 0 Å². The first-order valence-corrected chi connectivity index (χ1v) is 7.59. The highest BCUT2D eigenvalue weighted by atomic mass is 19.3. The summed E-state index contributed by atoms with van der Waals surface area (Å²) in [7, 11) is 0. The monoisotopic (exact) mass is 374 g/mol. The Hall–Kier alpha value is -1.58. The van der Waals surface area contributed by atoms with Crippen LogP contribution in [0.1, 0.15) is 30.3 Å². The van der Waals surface area contributed by atoms with Gasteiger partial charge in [0.1, 0.15) is 12.4 Å². The molecule has 0 saturated heterocycles. The highest BCUT2D eigenvalue weighted by Gasteiger charge is 2.73. The van der Waals surface area contributed by atoms with Crippen LogP contribution in [0.2, 0.25) is 0 Å². The van der Waals surface area contributed by atoms with E-state index in [4.69, 9.17) is 4.11 Å². The first kappa shape index (κ1) is 15.7. The molecular formula is C15H19F6N3O. The molecule has 0 saturated carbocycles. The van der Waals surface area contributed by atoms with Crippen molar-refractivity contribution in [3.8, 4) is 0 Å². The minimum Gasteiger partial charge on any atom is -0.408 e. The molecule has 2 rings (SSSR count). The highest BCUT2D eigenvalue weighted by molar-refractivity contribution is 6.46. The number of hydrogen-bond donors (Lipinski definition) is 0. The fourth-order valence-corrected chi connectivity index (χ4v) is 2.42. The summed E-state index contributed by atoms with van der Waals surface area (Å²) in [5, 5.41) is 0. The fourth-order valence-electron chi connectivity index (χ4n) is 2.42. The van der Waals surface area contributed by atoms with Gasteiger partial charge in [0, 0.05) is 23.6 Å². The van der Waals surface area contributed by atoms with Crippen molar-refractivity contribution in [2.45, 2.75) is 44.1 Å². The van der Waals surface area contributed by atoms with Crippen LogP contribution in [-0.4, -0.2) is 61.2 Å². The molecule has 4 nitrogen and oxygen atoms in total. The molecule has 0 N–H and O–H groups in total. The van der Waals surface area contributed by atoms with Gasteiger partial charge in [0.2, 0.25) is 5.90 Å². The van der Waals surface area contributed by atoms with Crippen LogP contribution in [0.15, 0.2) is 21.6 Å². The SMILES string of the molecule is [2H]C([2H])([2H])N1CCC=C(C2=NCN=C2OC(F)(F)C(F)(F)C(F)(F)CCC)C1. The van der Waals surface area contributed by atoms with E-state index in [-0.39, 0.29) is 30.8 Å². The summed E-state index contributed by atoms with van der Waals surface area (Å²) in [4.78, 5) is 8.26. The van der Waals surface area contributed by atoms with Crippen molar-refractivity contribution in [2.24, 2.45) is 9.98 Å². The molecule has 0 unspecified atom stereocenters. The zero-order valence-corrected chi connectivity index (χ0v) is 13.3. The zero-order chi connectivity index (χ0) is 21.4. The number of aliphatic imine (C=N–C) groups is 2. The van der Waals surface area contributed by atoms with Gasteiger partial charge in [-0.25, -0.2) is 4.99 Å². The quantitative estimate of drug-likeness (QED) is 0.665. The van der Waals surface area contributed by atoms with Gasteiger partial charge in [-0.3, -0.25) is 4.99 Å². The standard InChI is InChI=1S/C15H19F6N3O/c1-3-6-13(16,17)14(18,19)15(20,21)25-12-11(22-9-23-12)10-5-4-7-24(2)8-10/h5H,3-4,6-9H2,1-2H3/i2D3. The molecule has 10 heteroatoms. The molecule has 0 spiro atoms. The molecular weight excluding hydrogens is 352 g/mol. The molecule has 0 fully saturated rings. The van der Waals surface area contributed by atoms with Crippen molar-refractivity contribution in [1.82, 2.24) is 4.90 Å². The van der Waals surface area contributed by atoms with E-state index >= 15 is 0 Å². The highest BCUT2D eigenvalue weighted by Crippen LogP contribution is 2.48. The molecule has 0 amide bonds. The van der Waals surface area contributed by atoms with Crippen molar-refractivity contribution in [3.63, 3.8) is 0 Å². The molecule has 2 aliphatic rings. The van der Waals surface area contributed by atoms with Gasteiger partial charge in [-0.2, -0.15) is 26.3 Å². The number of likely N-dealkylation sites (N-methyl/N-ethyl adjacent to an activating group) is 1. The molecule has 142 valence electrons. The van der Waals surface area contributed by atoms with Crippen LogP contribution in [0.25, 0.3) is 0 Å². The van der Waals surface area contributed by atoms with Gasteiger partial charge >= 0.3 is 18.0 Å². The molecule has 0 bridgehead atoms. The summed E-state index contributed by atoms with van der Waals surface area (Å²) >= 11 is 0. The van der Waals surface area contributed by atoms with E-state index in [0.29, 0.717) is 0 Å². The average molecular weight is 374 g/mol. The van der Waals surface area contributed by atoms with E-state index in [2.05, 4.69) is 14.7 Å². The lowest BCUT2D eigenvalue weighted by Gasteiger charge is -2.32. The largest absolute Gasteiger partial charge is 0.472 e. The summed E-state index contributed by atoms with van der Waals surface area (Å²) < 4.78 is 109. The van der Waals surface area contributed by atoms with Gasteiger partial charge < -0.3 is 9.64 Å². The third kappa shape index (κ3) is 3.83. The first-order valence-electron chi connectivity index (χ1n) is 9.09. The topological polar surface area (TPSA) is 37.2 Å². The number of halogens is 6. The Morgan fingerprint density at radius 2 is 1.96 bits per heavy atom. The Morgan fingerprint density at radius 1 is 1.24 bits per heavy atom. The number of hydrogen-bond acceptors (Lipinski definition) is 4. The van der Waals surface area contributed by atoms with Gasteiger partial charge in [0.25, 0.3) is 0 Å². The molecule has 0 radical (unpaired) electrons. The lowest BCUT2D eigenvalue weighted by Crippen LogP contribution is -2.56. The smallest absolute Gasteiger partial charge is 0.408 e. The molecule has 2 aliphatic heterocycles. The minimum atomic E-state index is -5.78. The predicted molar refractivity (Wildman–Crippen MR) is 80.8 cm³/mol. The Morgan fingerprint density at radius 3 is 2.60 bits per heavy atom. The van der Waals surface area contributed by atoms with E-state index in [1.165, 1.54) is 6.08 Å². The Labute approximate surface area is 145 Å². The Bertz CT molecular complexity index is 691. The zero-order valence-electron chi connectivity index (χ0n) is 16.3. The Kier molecular flexibility index (Phi) is 4.36. The van der Waals surface area contributed by atoms with Crippen molar-refractivity contribution in [2.75, 3.05) is 26.7 Å². The molecule has 0 atom stereocenters. The molecule has 25 heavy (non-hydrogen) atoms. The maximum atomic E-state index is 14.0. The summed E-state index contributed by atoms with van der Waals surface area (Å²) in [6.07, 6.45) is -5.71. The fraction of sp³-hybridized carbons (Fsp3) is 0.733. The van der Waals surface area contributed by atoms with E-state index in [9.17, 15) is 26.3 Å². The van der Waals surface area contributed by atoms with Crippen molar-refractivity contribution >= 4 is 11.6 Å². The van der Waals surface area contributed by atoms with Gasteiger partial charge in [0.05, 0.1) is 0 Å². The Balaban J connectivity index is 2.20. The number of nitrogens with zero attached hydrogens (tertiary/aromatic N) is 3. The summed E-state index contributed by atoms with van der Waals surface area (Å²) in [5.74, 6) is -11.8. The van der Waals surface area contributed by atoms with Gasteiger partial charge in [0.15, 0.2) is 0 Å². The maximum absolute atomic E-state index is 14.0. The van der Waals surface area contributed by atoms with Crippen LogP contribution < -0.4 is 0 Å². The average Bonchev–Trinajstić information content (AvgIpc) is 3.01. The van der Waals surface area contributed by atoms with E-state index in [0.717, 1.165) is 11.8 Å². The number of rotatable bonds is 6. The van der Waals surface area contributed by atoms with Gasteiger partial charge in [-0.1, -0.05) is 19.4 Å². The second kappa shape index (κ2) is 6.97.